The number of aliphatic hydroxyl groups is 1. The quantitative estimate of drug-likeness (QED) is 0.354. The largest absolute Gasteiger partial charge is 0.364 e. The van der Waals surface area contributed by atoms with Crippen molar-refractivity contribution in [3.63, 3.8) is 0 Å². The number of thiazole rings is 1. The second-order valence-corrected chi connectivity index (χ2v) is 8.56. The van der Waals surface area contributed by atoms with Crippen molar-refractivity contribution in [2.75, 3.05) is 5.01 Å². The average Bonchev–Trinajstić information content (AvgIpc) is 3.45. The fraction of sp³-hybridized carbons (Fsp3) is 0.167. The molecule has 5 rings (SSSR count). The normalized spacial score (nSPS) is 18.8. The van der Waals surface area contributed by atoms with Gasteiger partial charge in [0.2, 0.25) is 10.9 Å². The predicted molar refractivity (Wildman–Crippen MR) is 121 cm³/mol. The Morgan fingerprint density at radius 3 is 2.36 bits per heavy atom. The Morgan fingerprint density at radius 2 is 1.64 bits per heavy atom. The third kappa shape index (κ3) is 3.57. The molecule has 0 amide bonds. The van der Waals surface area contributed by atoms with Crippen LogP contribution in [0.5, 0.6) is 0 Å². The first-order valence-corrected chi connectivity index (χ1v) is 10.9. The van der Waals surface area contributed by atoms with Gasteiger partial charge in [0.1, 0.15) is 0 Å². The van der Waals surface area contributed by atoms with Crippen molar-refractivity contribution in [1.82, 2.24) is 4.98 Å². The number of benzene rings is 3. The van der Waals surface area contributed by atoms with Crippen LogP contribution in [-0.2, 0) is 0 Å². The molecular formula is C24H17F4N3OS. The minimum atomic E-state index is -4.76. The van der Waals surface area contributed by atoms with E-state index in [2.05, 4.69) is 10.1 Å². The third-order valence-electron chi connectivity index (χ3n) is 5.62. The maximum atomic E-state index is 14.7. The molecule has 0 bridgehead atoms. The second kappa shape index (κ2) is 7.93. The molecule has 4 aromatic rings. The Balaban J connectivity index is 1.60. The molecule has 0 radical (unpaired) electrons. The van der Waals surface area contributed by atoms with Crippen LogP contribution < -0.4 is 5.01 Å². The Morgan fingerprint density at radius 1 is 0.939 bits per heavy atom. The fourth-order valence-corrected chi connectivity index (χ4v) is 4.66. The van der Waals surface area contributed by atoms with E-state index in [4.69, 9.17) is 0 Å². The van der Waals surface area contributed by atoms with Crippen LogP contribution in [0.4, 0.5) is 22.7 Å². The lowest BCUT2D eigenvalue weighted by Crippen LogP contribution is -2.60. The molecule has 0 fully saturated rings. The maximum absolute atomic E-state index is 14.7. The summed E-state index contributed by atoms with van der Waals surface area (Å²) >= 11 is 0.941. The zero-order chi connectivity index (χ0) is 23.2. The highest BCUT2D eigenvalue weighted by molar-refractivity contribution is 7.14. The molecule has 4 nitrogen and oxygen atoms in total. The van der Waals surface area contributed by atoms with E-state index < -0.39 is 24.5 Å². The average molecular weight is 471 g/mol. The molecule has 1 aromatic heterocycles. The van der Waals surface area contributed by atoms with Gasteiger partial charge in [0.15, 0.2) is 0 Å². The van der Waals surface area contributed by atoms with E-state index in [1.807, 2.05) is 30.3 Å². The molecule has 3 aromatic carbocycles. The number of hydrazone groups is 1. The summed E-state index contributed by atoms with van der Waals surface area (Å²) in [7, 11) is 0. The van der Waals surface area contributed by atoms with Gasteiger partial charge in [0.05, 0.1) is 11.4 Å². The van der Waals surface area contributed by atoms with Gasteiger partial charge in [-0.2, -0.15) is 18.9 Å². The molecule has 2 heterocycles. The molecule has 1 aliphatic rings. The van der Waals surface area contributed by atoms with Crippen LogP contribution in [0.1, 0.15) is 12.0 Å². The third-order valence-corrected chi connectivity index (χ3v) is 6.43. The SMILES string of the molecule is O[C@@]1(C(F)(F)C(F)F)CC(c2ccc3ccccc3c2)=NN1c1nc(-c2ccccc2)cs1. The van der Waals surface area contributed by atoms with E-state index in [1.54, 1.807) is 47.8 Å². The summed E-state index contributed by atoms with van der Waals surface area (Å²) in [4.78, 5) is 4.31. The molecule has 0 aliphatic carbocycles. The Kier molecular flexibility index (Phi) is 5.18. The van der Waals surface area contributed by atoms with E-state index in [0.29, 0.717) is 16.3 Å². The predicted octanol–water partition coefficient (Wildman–Crippen LogP) is 6.17. The van der Waals surface area contributed by atoms with Crippen LogP contribution in [0.15, 0.2) is 83.3 Å². The van der Waals surface area contributed by atoms with Crippen molar-refractivity contribution in [2.24, 2.45) is 5.10 Å². The maximum Gasteiger partial charge on any atom is 0.355 e. The minimum absolute atomic E-state index is 0.0695. The molecule has 1 atom stereocenters. The highest BCUT2D eigenvalue weighted by Crippen LogP contribution is 2.47. The first-order chi connectivity index (χ1) is 15.8. The number of aromatic nitrogens is 1. The van der Waals surface area contributed by atoms with Crippen molar-refractivity contribution < 1.29 is 22.7 Å². The standard InChI is InChI=1S/C24H17F4N3OS/c25-21(26)24(27,28)23(32)13-19(18-11-10-15-6-4-5-9-17(15)12-18)30-31(23)22-29-20(14-33-22)16-7-2-1-3-8-16/h1-12,14,21,32H,13H2/t23-/m1/s1. The number of hydrogen-bond acceptors (Lipinski definition) is 5. The van der Waals surface area contributed by atoms with Crippen molar-refractivity contribution >= 4 is 33.0 Å². The number of rotatable bonds is 5. The Hall–Kier alpha value is -3.30. The van der Waals surface area contributed by atoms with E-state index in [9.17, 15) is 22.7 Å². The van der Waals surface area contributed by atoms with E-state index in [0.717, 1.165) is 27.7 Å². The first kappa shape index (κ1) is 21.5. The van der Waals surface area contributed by atoms with E-state index in [-0.39, 0.29) is 10.8 Å². The smallest absolute Gasteiger partial charge is 0.355 e. The molecule has 9 heteroatoms. The Labute approximate surface area is 190 Å². The molecule has 168 valence electrons. The molecule has 0 unspecified atom stereocenters. The van der Waals surface area contributed by atoms with Gasteiger partial charge in [-0.05, 0) is 22.4 Å². The summed E-state index contributed by atoms with van der Waals surface area (Å²) in [5.74, 6) is -4.76. The van der Waals surface area contributed by atoms with Gasteiger partial charge >= 0.3 is 12.3 Å². The highest BCUT2D eigenvalue weighted by Gasteiger charge is 2.66. The van der Waals surface area contributed by atoms with Crippen LogP contribution in [0.2, 0.25) is 0 Å². The second-order valence-electron chi connectivity index (χ2n) is 7.72. The summed E-state index contributed by atoms with van der Waals surface area (Å²) in [5, 5.41) is 19.0. The summed E-state index contributed by atoms with van der Waals surface area (Å²) < 4.78 is 56.2. The summed E-state index contributed by atoms with van der Waals surface area (Å²) in [6.07, 6.45) is -4.88. The lowest BCUT2D eigenvalue weighted by Gasteiger charge is -2.36. The van der Waals surface area contributed by atoms with Crippen molar-refractivity contribution in [1.29, 1.82) is 0 Å². The Bertz CT molecular complexity index is 1340. The molecule has 33 heavy (non-hydrogen) atoms. The number of halogens is 4. The molecule has 0 spiro atoms. The summed E-state index contributed by atoms with van der Waals surface area (Å²) in [6, 6.07) is 21.6. The van der Waals surface area contributed by atoms with Crippen molar-refractivity contribution in [3.05, 3.63) is 83.7 Å². The number of fused-ring (bicyclic) bond motifs is 1. The van der Waals surface area contributed by atoms with Gasteiger partial charge in [-0.25, -0.2) is 13.8 Å². The first-order valence-electron chi connectivity index (χ1n) is 10.1. The minimum Gasteiger partial charge on any atom is -0.364 e. The number of anilines is 1. The zero-order valence-electron chi connectivity index (χ0n) is 17.0. The van der Waals surface area contributed by atoms with E-state index in [1.165, 1.54) is 0 Å². The van der Waals surface area contributed by atoms with Gasteiger partial charge in [-0.1, -0.05) is 66.7 Å². The topological polar surface area (TPSA) is 48.7 Å². The number of alkyl halides is 4. The van der Waals surface area contributed by atoms with Gasteiger partial charge in [-0.3, -0.25) is 0 Å². The van der Waals surface area contributed by atoms with Gasteiger partial charge in [0.25, 0.3) is 0 Å². The summed E-state index contributed by atoms with van der Waals surface area (Å²) in [5.41, 5.74) is -1.55. The van der Waals surface area contributed by atoms with Crippen LogP contribution in [0.3, 0.4) is 0 Å². The van der Waals surface area contributed by atoms with Gasteiger partial charge < -0.3 is 5.11 Å². The van der Waals surface area contributed by atoms with Crippen molar-refractivity contribution in [2.45, 2.75) is 24.5 Å². The number of hydrogen-bond donors (Lipinski definition) is 1. The van der Waals surface area contributed by atoms with Crippen LogP contribution in [-0.4, -0.2) is 33.9 Å². The molecular weight excluding hydrogens is 454 g/mol. The van der Waals surface area contributed by atoms with E-state index >= 15 is 0 Å². The zero-order valence-corrected chi connectivity index (χ0v) is 17.8. The summed E-state index contributed by atoms with van der Waals surface area (Å²) in [6.45, 7) is 0. The van der Waals surface area contributed by atoms with Gasteiger partial charge in [0, 0.05) is 17.4 Å². The molecule has 0 saturated carbocycles. The molecule has 1 aliphatic heterocycles. The monoisotopic (exact) mass is 471 g/mol. The molecule has 1 N–H and O–H groups in total. The molecule has 0 saturated heterocycles. The lowest BCUT2D eigenvalue weighted by atomic mass is 9.95. The fourth-order valence-electron chi connectivity index (χ4n) is 3.81. The van der Waals surface area contributed by atoms with Crippen molar-refractivity contribution in [3.8, 4) is 11.3 Å². The van der Waals surface area contributed by atoms with Crippen LogP contribution in [0.25, 0.3) is 22.0 Å². The lowest BCUT2D eigenvalue weighted by molar-refractivity contribution is -0.237. The van der Waals surface area contributed by atoms with Crippen LogP contribution in [0, 0.1) is 0 Å². The number of nitrogens with zero attached hydrogens (tertiary/aromatic N) is 3. The van der Waals surface area contributed by atoms with Crippen LogP contribution >= 0.6 is 11.3 Å². The van der Waals surface area contributed by atoms with Gasteiger partial charge in [-0.15, -0.1) is 11.3 Å². The highest BCUT2D eigenvalue weighted by atomic mass is 32.1.